The first-order valence-electron chi connectivity index (χ1n) is 3.39. The molecule has 0 radical (unpaired) electrons. The molecule has 4 nitrogen and oxygen atoms in total. The Bertz CT molecular complexity index is 319. The van der Waals surface area contributed by atoms with E-state index in [1.165, 1.54) is 0 Å². The van der Waals surface area contributed by atoms with Gasteiger partial charge in [-0.15, -0.1) is 0 Å². The van der Waals surface area contributed by atoms with Crippen LogP contribution in [-0.4, -0.2) is 16.6 Å². The molecule has 0 saturated carbocycles. The van der Waals surface area contributed by atoms with E-state index < -0.39 is 0 Å². The maximum absolute atomic E-state index is 8.62. The molecule has 1 saturated heterocycles. The van der Waals surface area contributed by atoms with E-state index in [1.54, 1.807) is 0 Å². The monoisotopic (exact) mass is 149 g/mol. The van der Waals surface area contributed by atoms with Gasteiger partial charge in [0, 0.05) is 0 Å². The van der Waals surface area contributed by atoms with Gasteiger partial charge in [-0.2, -0.15) is 5.26 Å². The highest BCUT2D eigenvalue weighted by molar-refractivity contribution is 5.30. The summed E-state index contributed by atoms with van der Waals surface area (Å²) in [6, 6.07) is 2.02. The molecule has 1 aromatic rings. The van der Waals surface area contributed by atoms with Gasteiger partial charge in [0.05, 0.1) is 12.3 Å². The van der Waals surface area contributed by atoms with Crippen molar-refractivity contribution in [2.75, 3.05) is 6.61 Å². The molecule has 1 unspecified atom stereocenters. The quantitative estimate of drug-likeness (QED) is 0.596. The minimum Gasteiger partial charge on any atom is -0.366 e. The normalized spacial score (nSPS) is 21.3. The van der Waals surface area contributed by atoms with Crippen LogP contribution >= 0.6 is 0 Å². The SMILES string of the molecule is Cc1nc(C#N)c(C2CO2)[nH]1. The van der Waals surface area contributed by atoms with Crippen LogP contribution in [0.25, 0.3) is 0 Å². The molecular weight excluding hydrogens is 142 g/mol. The molecule has 0 spiro atoms. The van der Waals surface area contributed by atoms with Crippen LogP contribution in [0, 0.1) is 18.3 Å². The molecule has 4 heteroatoms. The molecule has 2 rings (SSSR count). The van der Waals surface area contributed by atoms with Crippen LogP contribution in [0.15, 0.2) is 0 Å². The van der Waals surface area contributed by atoms with Gasteiger partial charge in [0.15, 0.2) is 5.69 Å². The van der Waals surface area contributed by atoms with Crippen molar-refractivity contribution in [1.82, 2.24) is 9.97 Å². The lowest BCUT2D eigenvalue weighted by atomic mass is 10.3. The van der Waals surface area contributed by atoms with E-state index in [-0.39, 0.29) is 6.10 Å². The van der Waals surface area contributed by atoms with Crippen molar-refractivity contribution in [3.05, 3.63) is 17.2 Å². The first-order chi connectivity index (χ1) is 5.31. The van der Waals surface area contributed by atoms with Gasteiger partial charge in [0.25, 0.3) is 0 Å². The number of ether oxygens (including phenoxy) is 1. The van der Waals surface area contributed by atoms with E-state index in [9.17, 15) is 0 Å². The van der Waals surface area contributed by atoms with Gasteiger partial charge < -0.3 is 9.72 Å². The Hall–Kier alpha value is -1.34. The summed E-state index contributed by atoms with van der Waals surface area (Å²) < 4.78 is 5.03. The van der Waals surface area contributed by atoms with Crippen molar-refractivity contribution in [3.63, 3.8) is 0 Å². The minimum atomic E-state index is 0.0887. The van der Waals surface area contributed by atoms with E-state index in [0.717, 1.165) is 11.5 Å². The number of hydrogen-bond donors (Lipinski definition) is 1. The number of H-pyrrole nitrogens is 1. The molecule has 0 aromatic carbocycles. The highest BCUT2D eigenvalue weighted by Gasteiger charge is 2.29. The number of aromatic amines is 1. The second-order valence-electron chi connectivity index (χ2n) is 2.52. The van der Waals surface area contributed by atoms with Gasteiger partial charge >= 0.3 is 0 Å². The number of aryl methyl sites for hydroxylation is 1. The summed E-state index contributed by atoms with van der Waals surface area (Å²) >= 11 is 0. The first-order valence-corrected chi connectivity index (χ1v) is 3.39. The first kappa shape index (κ1) is 6.38. The molecule has 56 valence electrons. The third-order valence-electron chi connectivity index (χ3n) is 1.61. The van der Waals surface area contributed by atoms with Crippen molar-refractivity contribution in [3.8, 4) is 6.07 Å². The fourth-order valence-electron chi connectivity index (χ4n) is 1.04. The smallest absolute Gasteiger partial charge is 0.164 e. The lowest BCUT2D eigenvalue weighted by molar-refractivity contribution is 0.411. The highest BCUT2D eigenvalue weighted by Crippen LogP contribution is 2.30. The second-order valence-corrected chi connectivity index (χ2v) is 2.52. The predicted octanol–water partition coefficient (Wildman–Crippen LogP) is 0.661. The summed E-state index contributed by atoms with van der Waals surface area (Å²) in [6.07, 6.45) is 0.0887. The standard InChI is InChI=1S/C7H7N3O/c1-4-9-5(2-8)7(10-4)6-3-11-6/h6H,3H2,1H3,(H,9,10). The third-order valence-corrected chi connectivity index (χ3v) is 1.61. The van der Waals surface area contributed by atoms with Crippen LogP contribution in [0.4, 0.5) is 0 Å². The lowest BCUT2D eigenvalue weighted by Gasteiger charge is -1.85. The van der Waals surface area contributed by atoms with E-state index in [4.69, 9.17) is 10.00 Å². The lowest BCUT2D eigenvalue weighted by Crippen LogP contribution is -1.84. The number of nitriles is 1. The largest absolute Gasteiger partial charge is 0.366 e. The zero-order chi connectivity index (χ0) is 7.84. The zero-order valence-electron chi connectivity index (χ0n) is 6.09. The summed E-state index contributed by atoms with van der Waals surface area (Å²) in [6.45, 7) is 2.53. The summed E-state index contributed by atoms with van der Waals surface area (Å²) in [7, 11) is 0. The Morgan fingerprint density at radius 3 is 3.09 bits per heavy atom. The molecule has 1 atom stereocenters. The maximum atomic E-state index is 8.62. The van der Waals surface area contributed by atoms with Gasteiger partial charge in [0.2, 0.25) is 0 Å². The Labute approximate surface area is 63.8 Å². The number of epoxide rings is 1. The number of nitrogens with zero attached hydrogens (tertiary/aromatic N) is 2. The number of hydrogen-bond acceptors (Lipinski definition) is 3. The van der Waals surface area contributed by atoms with Crippen LogP contribution in [0.2, 0.25) is 0 Å². The Balaban J connectivity index is 2.44. The number of rotatable bonds is 1. The van der Waals surface area contributed by atoms with Crippen molar-refractivity contribution in [2.45, 2.75) is 13.0 Å². The molecule has 2 heterocycles. The van der Waals surface area contributed by atoms with Crippen LogP contribution in [0.3, 0.4) is 0 Å². The van der Waals surface area contributed by atoms with Crippen molar-refractivity contribution >= 4 is 0 Å². The van der Waals surface area contributed by atoms with Gasteiger partial charge in [-0.3, -0.25) is 0 Å². The van der Waals surface area contributed by atoms with Crippen LogP contribution < -0.4 is 0 Å². The summed E-state index contributed by atoms with van der Waals surface area (Å²) in [5.74, 6) is 0.770. The number of aromatic nitrogens is 2. The summed E-state index contributed by atoms with van der Waals surface area (Å²) in [5.41, 5.74) is 1.29. The Morgan fingerprint density at radius 2 is 2.55 bits per heavy atom. The third kappa shape index (κ3) is 0.994. The molecule has 0 aliphatic carbocycles. The summed E-state index contributed by atoms with van der Waals surface area (Å²) in [4.78, 5) is 6.99. The molecule has 0 amide bonds. The molecule has 1 fully saturated rings. The molecule has 0 bridgehead atoms. The van der Waals surface area contributed by atoms with Crippen molar-refractivity contribution in [2.24, 2.45) is 0 Å². The second kappa shape index (κ2) is 2.07. The van der Waals surface area contributed by atoms with E-state index in [2.05, 4.69) is 9.97 Å². The van der Waals surface area contributed by atoms with Crippen LogP contribution in [0.1, 0.15) is 23.3 Å². The average Bonchev–Trinajstić information content (AvgIpc) is 2.75. The van der Waals surface area contributed by atoms with Gasteiger partial charge in [0.1, 0.15) is 18.0 Å². The maximum Gasteiger partial charge on any atom is 0.164 e. The van der Waals surface area contributed by atoms with E-state index >= 15 is 0 Å². The van der Waals surface area contributed by atoms with Gasteiger partial charge in [-0.05, 0) is 6.92 Å². The zero-order valence-corrected chi connectivity index (χ0v) is 6.09. The molecule has 1 aliphatic rings. The fourth-order valence-corrected chi connectivity index (χ4v) is 1.04. The average molecular weight is 149 g/mol. The van der Waals surface area contributed by atoms with Crippen molar-refractivity contribution in [1.29, 1.82) is 5.26 Å². The van der Waals surface area contributed by atoms with Crippen LogP contribution in [-0.2, 0) is 4.74 Å². The van der Waals surface area contributed by atoms with Crippen molar-refractivity contribution < 1.29 is 4.74 Å². The van der Waals surface area contributed by atoms with E-state index in [0.29, 0.717) is 12.3 Å². The molecule has 1 N–H and O–H groups in total. The molecule has 1 aliphatic heterocycles. The predicted molar refractivity (Wildman–Crippen MR) is 36.7 cm³/mol. The van der Waals surface area contributed by atoms with E-state index in [1.807, 2.05) is 13.0 Å². The fraction of sp³-hybridized carbons (Fsp3) is 0.429. The Morgan fingerprint density at radius 1 is 1.82 bits per heavy atom. The summed E-state index contributed by atoms with van der Waals surface area (Å²) in [5, 5.41) is 8.62. The number of imidazole rings is 1. The molecular formula is C7H7N3O. The highest BCUT2D eigenvalue weighted by atomic mass is 16.6. The molecule has 1 aromatic heterocycles. The van der Waals surface area contributed by atoms with Gasteiger partial charge in [-0.1, -0.05) is 0 Å². The number of nitrogens with one attached hydrogen (secondary N) is 1. The Kier molecular flexibility index (Phi) is 1.20. The topological polar surface area (TPSA) is 65.0 Å². The van der Waals surface area contributed by atoms with Gasteiger partial charge in [-0.25, -0.2) is 4.98 Å². The minimum absolute atomic E-state index is 0.0887. The van der Waals surface area contributed by atoms with Crippen LogP contribution in [0.5, 0.6) is 0 Å². The molecule has 11 heavy (non-hydrogen) atoms.